The van der Waals surface area contributed by atoms with Crippen molar-refractivity contribution in [1.82, 2.24) is 0 Å². The third-order valence-electron chi connectivity index (χ3n) is 1.51. The molecule has 0 spiro atoms. The van der Waals surface area contributed by atoms with E-state index in [1.807, 2.05) is 18.4 Å². The lowest BCUT2D eigenvalue weighted by molar-refractivity contribution is 0.297. The average Bonchev–Trinajstić information content (AvgIpc) is 2.58. The minimum Gasteiger partial charge on any atom is -0.363 e. The minimum atomic E-state index is 0.592. The van der Waals surface area contributed by atoms with Gasteiger partial charge in [0.15, 0.2) is 0 Å². The monoisotopic (exact) mass is 246 g/mol. The number of anilines is 1. The normalized spacial score (nSPS) is 16.2. The molecular formula is C7H7BrN2OS. The molecule has 1 aliphatic rings. The van der Waals surface area contributed by atoms with E-state index in [9.17, 15) is 0 Å². The molecule has 1 aliphatic heterocycles. The van der Waals surface area contributed by atoms with Gasteiger partial charge in [-0.25, -0.2) is 4.99 Å². The van der Waals surface area contributed by atoms with E-state index in [4.69, 9.17) is 4.84 Å². The van der Waals surface area contributed by atoms with Crippen molar-refractivity contribution in [2.24, 2.45) is 4.99 Å². The van der Waals surface area contributed by atoms with Gasteiger partial charge in [-0.3, -0.25) is 0 Å². The SMILES string of the molecule is CC1=NCN(c2csc(Br)c2)O1. The van der Waals surface area contributed by atoms with Gasteiger partial charge in [0.1, 0.15) is 6.67 Å². The number of halogens is 1. The van der Waals surface area contributed by atoms with Crippen LogP contribution < -0.4 is 5.06 Å². The quantitative estimate of drug-likeness (QED) is 0.762. The maximum absolute atomic E-state index is 5.33. The van der Waals surface area contributed by atoms with Crippen LogP contribution in [-0.4, -0.2) is 12.6 Å². The molecule has 0 saturated carbocycles. The zero-order valence-corrected chi connectivity index (χ0v) is 8.85. The fourth-order valence-corrected chi connectivity index (χ4v) is 2.07. The molecule has 1 aromatic rings. The summed E-state index contributed by atoms with van der Waals surface area (Å²) in [6.45, 7) is 2.44. The first-order valence-electron chi connectivity index (χ1n) is 3.46. The van der Waals surface area contributed by atoms with Crippen LogP contribution in [0.25, 0.3) is 0 Å². The van der Waals surface area contributed by atoms with E-state index in [1.165, 1.54) is 0 Å². The van der Waals surface area contributed by atoms with E-state index < -0.39 is 0 Å². The van der Waals surface area contributed by atoms with Crippen LogP contribution >= 0.6 is 27.3 Å². The smallest absolute Gasteiger partial charge is 0.216 e. The third kappa shape index (κ3) is 1.47. The van der Waals surface area contributed by atoms with Gasteiger partial charge in [0.2, 0.25) is 5.90 Å². The Morgan fingerprint density at radius 3 is 3.08 bits per heavy atom. The fraction of sp³-hybridized carbons (Fsp3) is 0.286. The first kappa shape index (κ1) is 8.07. The topological polar surface area (TPSA) is 24.8 Å². The second-order valence-corrected chi connectivity index (χ2v) is 4.69. The third-order valence-corrected chi connectivity index (χ3v) is 3.00. The summed E-state index contributed by atoms with van der Waals surface area (Å²) in [5, 5.41) is 3.79. The van der Waals surface area contributed by atoms with E-state index in [-0.39, 0.29) is 0 Å². The molecule has 0 aliphatic carbocycles. The molecule has 3 nitrogen and oxygen atoms in total. The Bertz CT molecular complexity index is 323. The van der Waals surface area contributed by atoms with E-state index in [1.54, 1.807) is 16.4 Å². The summed E-state index contributed by atoms with van der Waals surface area (Å²) in [5.41, 5.74) is 1.05. The van der Waals surface area contributed by atoms with Gasteiger partial charge >= 0.3 is 0 Å². The second-order valence-electron chi connectivity index (χ2n) is 2.40. The molecule has 0 fully saturated rings. The van der Waals surface area contributed by atoms with Crippen LogP contribution in [0.2, 0.25) is 0 Å². The number of thiophene rings is 1. The fourth-order valence-electron chi connectivity index (χ4n) is 0.947. The first-order chi connectivity index (χ1) is 5.75. The molecule has 0 aromatic carbocycles. The van der Waals surface area contributed by atoms with Crippen LogP contribution in [-0.2, 0) is 4.84 Å². The number of hydrogen-bond donors (Lipinski definition) is 0. The molecule has 0 atom stereocenters. The largest absolute Gasteiger partial charge is 0.363 e. The van der Waals surface area contributed by atoms with Gasteiger partial charge in [-0.05, 0) is 22.0 Å². The van der Waals surface area contributed by atoms with E-state index in [0.717, 1.165) is 15.4 Å². The van der Waals surface area contributed by atoms with Crippen molar-refractivity contribution in [3.8, 4) is 0 Å². The lowest BCUT2D eigenvalue weighted by atomic mass is 10.5. The van der Waals surface area contributed by atoms with Crippen molar-refractivity contribution >= 4 is 38.9 Å². The number of hydroxylamine groups is 1. The summed E-state index contributed by atoms with van der Waals surface area (Å²) in [6.07, 6.45) is 0. The molecule has 5 heteroatoms. The number of hydrogen-bond acceptors (Lipinski definition) is 4. The van der Waals surface area contributed by atoms with Crippen molar-refractivity contribution < 1.29 is 4.84 Å². The predicted molar refractivity (Wildman–Crippen MR) is 53.6 cm³/mol. The van der Waals surface area contributed by atoms with Gasteiger partial charge in [-0.1, -0.05) is 0 Å². The molecular weight excluding hydrogens is 240 g/mol. The maximum atomic E-state index is 5.33. The molecule has 0 N–H and O–H groups in total. The zero-order chi connectivity index (χ0) is 8.55. The highest BCUT2D eigenvalue weighted by atomic mass is 79.9. The van der Waals surface area contributed by atoms with Gasteiger partial charge < -0.3 is 4.84 Å². The maximum Gasteiger partial charge on any atom is 0.216 e. The Balaban J connectivity index is 2.13. The van der Waals surface area contributed by atoms with E-state index >= 15 is 0 Å². The molecule has 0 radical (unpaired) electrons. The van der Waals surface area contributed by atoms with Crippen molar-refractivity contribution in [1.29, 1.82) is 0 Å². The van der Waals surface area contributed by atoms with Gasteiger partial charge in [-0.15, -0.1) is 11.3 Å². The summed E-state index contributed by atoms with van der Waals surface area (Å²) in [4.78, 5) is 9.44. The van der Waals surface area contributed by atoms with Crippen molar-refractivity contribution in [3.63, 3.8) is 0 Å². The van der Waals surface area contributed by atoms with Crippen LogP contribution in [0.3, 0.4) is 0 Å². The van der Waals surface area contributed by atoms with Crippen molar-refractivity contribution in [3.05, 3.63) is 15.2 Å². The summed E-state index contributed by atoms with van der Waals surface area (Å²) >= 11 is 5.03. The lowest BCUT2D eigenvalue weighted by Gasteiger charge is -2.12. The molecule has 64 valence electrons. The van der Waals surface area contributed by atoms with Crippen LogP contribution in [0.5, 0.6) is 0 Å². The van der Waals surface area contributed by atoms with E-state index in [0.29, 0.717) is 6.67 Å². The summed E-state index contributed by atoms with van der Waals surface area (Å²) < 4.78 is 1.10. The van der Waals surface area contributed by atoms with Crippen LogP contribution in [0.1, 0.15) is 6.92 Å². The Morgan fingerprint density at radius 1 is 1.75 bits per heavy atom. The van der Waals surface area contributed by atoms with Crippen LogP contribution in [0.15, 0.2) is 20.2 Å². The Hall–Kier alpha value is -0.550. The van der Waals surface area contributed by atoms with Crippen LogP contribution in [0, 0.1) is 0 Å². The van der Waals surface area contributed by atoms with Gasteiger partial charge in [0.25, 0.3) is 0 Å². The number of nitrogens with zero attached hydrogens (tertiary/aromatic N) is 2. The molecule has 0 saturated heterocycles. The highest BCUT2D eigenvalue weighted by molar-refractivity contribution is 9.11. The average molecular weight is 247 g/mol. The highest BCUT2D eigenvalue weighted by Crippen LogP contribution is 2.28. The van der Waals surface area contributed by atoms with Gasteiger partial charge in [-0.2, -0.15) is 5.06 Å². The van der Waals surface area contributed by atoms with E-state index in [2.05, 4.69) is 20.9 Å². The van der Waals surface area contributed by atoms with Crippen LogP contribution in [0.4, 0.5) is 5.69 Å². The van der Waals surface area contributed by atoms with Crippen molar-refractivity contribution in [2.75, 3.05) is 11.7 Å². The summed E-state index contributed by atoms with van der Waals surface area (Å²) in [7, 11) is 0. The first-order valence-corrected chi connectivity index (χ1v) is 5.13. The highest BCUT2D eigenvalue weighted by Gasteiger charge is 2.15. The van der Waals surface area contributed by atoms with Gasteiger partial charge in [0, 0.05) is 12.3 Å². The molecule has 0 bridgehead atoms. The molecule has 1 aromatic heterocycles. The molecule has 2 rings (SSSR count). The predicted octanol–water partition coefficient (Wildman–Crippen LogP) is 2.64. The second kappa shape index (κ2) is 3.06. The number of aliphatic imine (C=N–C) groups is 1. The molecule has 2 heterocycles. The van der Waals surface area contributed by atoms with Crippen molar-refractivity contribution in [2.45, 2.75) is 6.92 Å². The Kier molecular flexibility index (Phi) is 2.06. The standard InChI is InChI=1S/C7H7BrN2OS/c1-5-9-4-10(11-5)6-2-7(8)12-3-6/h2-3H,4H2,1H3. The Labute approximate surface area is 82.8 Å². The molecule has 0 amide bonds. The van der Waals surface area contributed by atoms with Gasteiger partial charge in [0.05, 0.1) is 9.47 Å². The minimum absolute atomic E-state index is 0.592. The molecule has 12 heavy (non-hydrogen) atoms. The summed E-state index contributed by atoms with van der Waals surface area (Å²) in [6, 6.07) is 2.01. The lowest BCUT2D eigenvalue weighted by Crippen LogP contribution is -2.17. The number of rotatable bonds is 1. The molecule has 0 unspecified atom stereocenters. The Morgan fingerprint density at radius 2 is 2.58 bits per heavy atom. The zero-order valence-electron chi connectivity index (χ0n) is 6.45. The summed E-state index contributed by atoms with van der Waals surface area (Å²) in [5.74, 6) is 0.720.